The van der Waals surface area contributed by atoms with Gasteiger partial charge in [-0.3, -0.25) is 4.79 Å². The van der Waals surface area contributed by atoms with Gasteiger partial charge in [-0.05, 0) is 30.4 Å². The lowest BCUT2D eigenvalue weighted by Crippen LogP contribution is -2.49. The van der Waals surface area contributed by atoms with Crippen LogP contribution in [0.5, 0.6) is 0 Å². The fourth-order valence-corrected chi connectivity index (χ4v) is 2.46. The van der Waals surface area contributed by atoms with Crippen LogP contribution in [0.1, 0.15) is 37.3 Å². The summed E-state index contributed by atoms with van der Waals surface area (Å²) in [4.78, 5) is 22.9. The van der Waals surface area contributed by atoms with Gasteiger partial charge in [0.25, 0.3) is 0 Å². The molecule has 0 aromatic heterocycles. The number of carboxylic acid groups (broad SMARTS) is 1. The standard InChI is InChI=1S/C16H22N2O3/c1-2-12-4-6-13(7-5-12)10-17-15(21)18-11-16(14(19)20)8-3-9-16/h4-7H,2-3,8-11H2,1H3,(H,19,20)(H2,17,18,21). The molecule has 5 heteroatoms. The maximum atomic E-state index is 11.7. The third kappa shape index (κ3) is 3.74. The Morgan fingerprint density at radius 2 is 1.76 bits per heavy atom. The van der Waals surface area contributed by atoms with E-state index in [0.717, 1.165) is 18.4 Å². The SMILES string of the molecule is CCc1ccc(CNC(=O)NCC2(C(=O)O)CCC2)cc1. The molecule has 1 aliphatic rings. The Labute approximate surface area is 124 Å². The maximum absolute atomic E-state index is 11.7. The highest BCUT2D eigenvalue weighted by atomic mass is 16.4. The second kappa shape index (κ2) is 6.61. The summed E-state index contributed by atoms with van der Waals surface area (Å²) >= 11 is 0. The molecule has 2 rings (SSSR count). The molecule has 1 aliphatic carbocycles. The van der Waals surface area contributed by atoms with Gasteiger partial charge in [-0.15, -0.1) is 0 Å². The van der Waals surface area contributed by atoms with Crippen LogP contribution >= 0.6 is 0 Å². The van der Waals surface area contributed by atoms with Crippen molar-refractivity contribution in [2.45, 2.75) is 39.2 Å². The van der Waals surface area contributed by atoms with Gasteiger partial charge in [0.1, 0.15) is 0 Å². The van der Waals surface area contributed by atoms with Crippen LogP contribution in [0.25, 0.3) is 0 Å². The number of carbonyl (C=O) groups is 2. The minimum Gasteiger partial charge on any atom is -0.481 e. The molecule has 0 unspecified atom stereocenters. The van der Waals surface area contributed by atoms with Gasteiger partial charge < -0.3 is 15.7 Å². The maximum Gasteiger partial charge on any atom is 0.315 e. The molecule has 1 saturated carbocycles. The van der Waals surface area contributed by atoms with Crippen molar-refractivity contribution in [2.75, 3.05) is 6.54 Å². The number of carboxylic acids is 1. The minimum absolute atomic E-state index is 0.197. The van der Waals surface area contributed by atoms with Gasteiger partial charge in [-0.1, -0.05) is 37.6 Å². The van der Waals surface area contributed by atoms with E-state index in [0.29, 0.717) is 19.4 Å². The van der Waals surface area contributed by atoms with E-state index >= 15 is 0 Å². The number of aryl methyl sites for hydroxylation is 1. The van der Waals surface area contributed by atoms with E-state index in [1.165, 1.54) is 5.56 Å². The second-order valence-corrected chi connectivity index (χ2v) is 5.65. The summed E-state index contributed by atoms with van der Waals surface area (Å²) in [5.41, 5.74) is 1.54. The number of hydrogen-bond donors (Lipinski definition) is 3. The van der Waals surface area contributed by atoms with Gasteiger partial charge in [-0.2, -0.15) is 0 Å². The second-order valence-electron chi connectivity index (χ2n) is 5.65. The lowest BCUT2D eigenvalue weighted by molar-refractivity contribution is -0.153. The Kier molecular flexibility index (Phi) is 4.83. The van der Waals surface area contributed by atoms with Crippen molar-refractivity contribution in [3.8, 4) is 0 Å². The van der Waals surface area contributed by atoms with E-state index in [4.69, 9.17) is 0 Å². The highest BCUT2D eigenvalue weighted by Gasteiger charge is 2.44. The smallest absolute Gasteiger partial charge is 0.315 e. The fraction of sp³-hybridized carbons (Fsp3) is 0.500. The van der Waals surface area contributed by atoms with E-state index < -0.39 is 11.4 Å². The van der Waals surface area contributed by atoms with Crippen molar-refractivity contribution in [3.63, 3.8) is 0 Å². The Hall–Kier alpha value is -2.04. The average Bonchev–Trinajstić information content (AvgIpc) is 2.44. The summed E-state index contributed by atoms with van der Waals surface area (Å²) in [5.74, 6) is -0.816. The van der Waals surface area contributed by atoms with Gasteiger partial charge >= 0.3 is 12.0 Å². The van der Waals surface area contributed by atoms with E-state index in [1.807, 2.05) is 24.3 Å². The van der Waals surface area contributed by atoms with Crippen LogP contribution in [0.2, 0.25) is 0 Å². The van der Waals surface area contributed by atoms with Crippen LogP contribution in [-0.2, 0) is 17.8 Å². The zero-order chi connectivity index (χ0) is 15.3. The lowest BCUT2D eigenvalue weighted by atomic mass is 9.69. The minimum atomic E-state index is -0.816. The zero-order valence-corrected chi connectivity index (χ0v) is 12.3. The van der Waals surface area contributed by atoms with Gasteiger partial charge in [0.2, 0.25) is 0 Å². The van der Waals surface area contributed by atoms with Crippen molar-refractivity contribution in [1.82, 2.24) is 10.6 Å². The Bertz CT molecular complexity index is 507. The Morgan fingerprint density at radius 1 is 1.14 bits per heavy atom. The summed E-state index contributed by atoms with van der Waals surface area (Å²) in [6.45, 7) is 2.73. The zero-order valence-electron chi connectivity index (χ0n) is 12.3. The summed E-state index contributed by atoms with van der Waals surface area (Å²) in [5, 5.41) is 14.6. The Morgan fingerprint density at radius 3 is 2.24 bits per heavy atom. The van der Waals surface area contributed by atoms with E-state index in [2.05, 4.69) is 17.6 Å². The number of amides is 2. The number of aliphatic carboxylic acids is 1. The Balaban J connectivity index is 1.75. The number of carbonyl (C=O) groups excluding carboxylic acids is 1. The fourth-order valence-electron chi connectivity index (χ4n) is 2.46. The molecule has 0 spiro atoms. The summed E-state index contributed by atoms with van der Waals surface area (Å²) in [7, 11) is 0. The summed E-state index contributed by atoms with van der Waals surface area (Å²) < 4.78 is 0. The van der Waals surface area contributed by atoms with Crippen molar-refractivity contribution in [3.05, 3.63) is 35.4 Å². The molecule has 2 amide bonds. The number of urea groups is 1. The van der Waals surface area contributed by atoms with Crippen molar-refractivity contribution >= 4 is 12.0 Å². The molecule has 3 N–H and O–H groups in total. The quantitative estimate of drug-likeness (QED) is 0.752. The van der Waals surface area contributed by atoms with E-state index in [-0.39, 0.29) is 12.6 Å². The predicted molar refractivity (Wildman–Crippen MR) is 80.0 cm³/mol. The largest absolute Gasteiger partial charge is 0.481 e. The van der Waals surface area contributed by atoms with Crippen LogP contribution in [0.4, 0.5) is 4.79 Å². The van der Waals surface area contributed by atoms with Crippen LogP contribution in [0.15, 0.2) is 24.3 Å². The van der Waals surface area contributed by atoms with Crippen LogP contribution in [0, 0.1) is 5.41 Å². The van der Waals surface area contributed by atoms with Gasteiger partial charge in [0.15, 0.2) is 0 Å². The number of hydrogen-bond acceptors (Lipinski definition) is 2. The number of benzene rings is 1. The molecule has 0 heterocycles. The summed E-state index contributed by atoms with van der Waals surface area (Å²) in [6.07, 6.45) is 3.19. The molecule has 0 atom stereocenters. The molecular formula is C16H22N2O3. The molecule has 114 valence electrons. The van der Waals surface area contributed by atoms with Crippen LogP contribution < -0.4 is 10.6 Å². The normalized spacial score (nSPS) is 15.9. The molecule has 1 aromatic rings. The third-order valence-corrected chi connectivity index (χ3v) is 4.24. The first-order valence-corrected chi connectivity index (χ1v) is 7.39. The molecule has 1 aromatic carbocycles. The first kappa shape index (κ1) is 15.4. The predicted octanol–water partition coefficient (Wildman–Crippen LogP) is 2.30. The van der Waals surface area contributed by atoms with E-state index in [9.17, 15) is 14.7 Å². The van der Waals surface area contributed by atoms with Crippen molar-refractivity contribution < 1.29 is 14.7 Å². The molecule has 0 radical (unpaired) electrons. The summed E-state index contributed by atoms with van der Waals surface area (Å²) in [6, 6.07) is 7.75. The monoisotopic (exact) mass is 290 g/mol. The highest BCUT2D eigenvalue weighted by Crippen LogP contribution is 2.40. The number of nitrogens with one attached hydrogen (secondary N) is 2. The van der Waals surface area contributed by atoms with Gasteiger partial charge in [0.05, 0.1) is 5.41 Å². The van der Waals surface area contributed by atoms with Gasteiger partial charge in [-0.25, -0.2) is 4.79 Å². The first-order valence-electron chi connectivity index (χ1n) is 7.39. The molecule has 5 nitrogen and oxygen atoms in total. The number of rotatable bonds is 6. The first-order chi connectivity index (χ1) is 10.1. The van der Waals surface area contributed by atoms with Crippen LogP contribution in [-0.4, -0.2) is 23.7 Å². The molecule has 0 aliphatic heterocycles. The topological polar surface area (TPSA) is 78.4 Å². The molecule has 0 bridgehead atoms. The molecule has 0 saturated heterocycles. The van der Waals surface area contributed by atoms with Gasteiger partial charge in [0, 0.05) is 13.1 Å². The lowest BCUT2D eigenvalue weighted by Gasteiger charge is -2.37. The molecule has 1 fully saturated rings. The van der Waals surface area contributed by atoms with Crippen molar-refractivity contribution in [1.29, 1.82) is 0 Å². The van der Waals surface area contributed by atoms with E-state index in [1.54, 1.807) is 0 Å². The average molecular weight is 290 g/mol. The van der Waals surface area contributed by atoms with Crippen molar-refractivity contribution in [2.24, 2.45) is 5.41 Å². The molecule has 21 heavy (non-hydrogen) atoms. The van der Waals surface area contributed by atoms with Crippen LogP contribution in [0.3, 0.4) is 0 Å². The third-order valence-electron chi connectivity index (χ3n) is 4.24. The highest BCUT2D eigenvalue weighted by molar-refractivity contribution is 5.78. The molecular weight excluding hydrogens is 268 g/mol.